The molecule has 2 aromatic carbocycles. The van der Waals surface area contributed by atoms with Crippen LogP contribution in [0.2, 0.25) is 0 Å². The molecule has 2 aliphatic rings. The van der Waals surface area contributed by atoms with Gasteiger partial charge in [0.15, 0.2) is 11.5 Å². The average molecular weight is 492 g/mol. The molecule has 0 unspecified atom stereocenters. The van der Waals surface area contributed by atoms with Crippen molar-refractivity contribution in [2.45, 2.75) is 26.2 Å². The Morgan fingerprint density at radius 1 is 1.03 bits per heavy atom. The molecule has 3 heterocycles. The van der Waals surface area contributed by atoms with E-state index in [-0.39, 0.29) is 37.0 Å². The highest BCUT2D eigenvalue weighted by atomic mass is 32.1. The molecule has 0 spiro atoms. The smallest absolute Gasteiger partial charge is 0.256 e. The summed E-state index contributed by atoms with van der Waals surface area (Å²) in [6.07, 6.45) is 0.891. The monoisotopic (exact) mass is 491 g/mol. The number of nitrogens with one attached hydrogen (secondary N) is 1. The minimum atomic E-state index is -0.632. The quantitative estimate of drug-likeness (QED) is 0.509. The van der Waals surface area contributed by atoms with E-state index >= 15 is 0 Å². The van der Waals surface area contributed by atoms with Gasteiger partial charge in [0.25, 0.3) is 11.8 Å². The van der Waals surface area contributed by atoms with Gasteiger partial charge >= 0.3 is 0 Å². The van der Waals surface area contributed by atoms with Gasteiger partial charge in [0.05, 0.1) is 11.3 Å². The highest BCUT2D eigenvalue weighted by Gasteiger charge is 2.30. The Hall–Kier alpha value is -4.18. The fraction of sp³-hybridized carbons (Fsp3) is 0.200. The summed E-state index contributed by atoms with van der Waals surface area (Å²) in [4.78, 5) is 51.0. The van der Waals surface area contributed by atoms with E-state index in [4.69, 9.17) is 15.2 Å². The van der Waals surface area contributed by atoms with Crippen LogP contribution in [0.25, 0.3) is 0 Å². The lowest BCUT2D eigenvalue weighted by Gasteiger charge is -2.14. The Morgan fingerprint density at radius 2 is 1.71 bits per heavy atom. The van der Waals surface area contributed by atoms with E-state index < -0.39 is 11.8 Å². The molecule has 2 aliphatic heterocycles. The molecule has 178 valence electrons. The van der Waals surface area contributed by atoms with Gasteiger partial charge in [-0.25, -0.2) is 0 Å². The molecule has 10 heteroatoms. The van der Waals surface area contributed by atoms with E-state index in [9.17, 15) is 19.2 Å². The third-order valence-electron chi connectivity index (χ3n) is 5.96. The van der Waals surface area contributed by atoms with Crippen LogP contribution in [0.5, 0.6) is 11.5 Å². The molecule has 0 saturated carbocycles. The SMILES string of the molecule is Cc1c(Cc2ccc3c(c2)OCO3)sc(NC(=O)c2ccc(N3C(=O)CCC3=O)cc2)c1C(N)=O. The Morgan fingerprint density at radius 3 is 2.40 bits per heavy atom. The molecule has 4 amide bonds. The first-order valence-corrected chi connectivity index (χ1v) is 11.7. The normalized spacial score (nSPS) is 14.5. The number of primary amides is 1. The number of ether oxygens (including phenoxy) is 2. The van der Waals surface area contributed by atoms with Crippen LogP contribution in [0, 0.1) is 6.92 Å². The number of hydrogen-bond acceptors (Lipinski definition) is 7. The predicted octanol–water partition coefficient (Wildman–Crippen LogP) is 3.38. The summed E-state index contributed by atoms with van der Waals surface area (Å²) in [6, 6.07) is 11.8. The van der Waals surface area contributed by atoms with E-state index in [0.717, 1.165) is 15.3 Å². The maximum atomic E-state index is 12.9. The summed E-state index contributed by atoms with van der Waals surface area (Å²) < 4.78 is 10.8. The topological polar surface area (TPSA) is 128 Å². The zero-order chi connectivity index (χ0) is 24.7. The first kappa shape index (κ1) is 22.6. The lowest BCUT2D eigenvalue weighted by molar-refractivity contribution is -0.121. The maximum Gasteiger partial charge on any atom is 0.256 e. The molecule has 35 heavy (non-hydrogen) atoms. The highest BCUT2D eigenvalue weighted by molar-refractivity contribution is 7.17. The van der Waals surface area contributed by atoms with Crippen molar-refractivity contribution in [3.8, 4) is 11.5 Å². The van der Waals surface area contributed by atoms with E-state index in [0.29, 0.717) is 39.7 Å². The van der Waals surface area contributed by atoms with Crippen molar-refractivity contribution >= 4 is 45.7 Å². The number of nitrogens with two attached hydrogens (primary N) is 1. The van der Waals surface area contributed by atoms with Crippen LogP contribution in [0.1, 0.15) is 49.6 Å². The van der Waals surface area contributed by atoms with Crippen molar-refractivity contribution in [2.24, 2.45) is 5.73 Å². The van der Waals surface area contributed by atoms with Gasteiger partial charge in [-0.05, 0) is 54.4 Å². The lowest BCUT2D eigenvalue weighted by Crippen LogP contribution is -2.28. The van der Waals surface area contributed by atoms with Crippen molar-refractivity contribution in [2.75, 3.05) is 17.0 Å². The van der Waals surface area contributed by atoms with Crippen molar-refractivity contribution in [1.29, 1.82) is 0 Å². The van der Waals surface area contributed by atoms with Crippen LogP contribution in [0.3, 0.4) is 0 Å². The molecule has 1 saturated heterocycles. The van der Waals surface area contributed by atoms with Crippen molar-refractivity contribution in [1.82, 2.24) is 0 Å². The molecule has 3 N–H and O–H groups in total. The van der Waals surface area contributed by atoms with Crippen molar-refractivity contribution < 1.29 is 28.7 Å². The summed E-state index contributed by atoms with van der Waals surface area (Å²) in [5, 5.41) is 3.16. The van der Waals surface area contributed by atoms with Gasteiger partial charge in [0, 0.05) is 29.7 Å². The number of fused-ring (bicyclic) bond motifs is 1. The summed E-state index contributed by atoms with van der Waals surface area (Å²) in [5.41, 5.74) is 8.31. The molecule has 0 radical (unpaired) electrons. The number of imide groups is 1. The second-order valence-electron chi connectivity index (χ2n) is 8.21. The second-order valence-corrected chi connectivity index (χ2v) is 9.31. The summed E-state index contributed by atoms with van der Waals surface area (Å²) in [5.74, 6) is -0.237. The Kier molecular flexibility index (Phi) is 5.73. The van der Waals surface area contributed by atoms with E-state index in [1.54, 1.807) is 19.1 Å². The Bertz CT molecular complexity index is 1360. The van der Waals surface area contributed by atoms with Crippen LogP contribution >= 0.6 is 11.3 Å². The number of rotatable bonds is 6. The minimum Gasteiger partial charge on any atom is -0.454 e. The fourth-order valence-corrected chi connectivity index (χ4v) is 5.39. The maximum absolute atomic E-state index is 12.9. The molecular weight excluding hydrogens is 470 g/mol. The molecule has 0 atom stereocenters. The molecule has 5 rings (SSSR count). The van der Waals surface area contributed by atoms with Gasteiger partial charge in [-0.3, -0.25) is 24.1 Å². The molecule has 3 aromatic rings. The number of amides is 4. The molecular formula is C25H21N3O6S. The third kappa shape index (κ3) is 4.24. The fourth-order valence-electron chi connectivity index (χ4n) is 4.15. The zero-order valence-electron chi connectivity index (χ0n) is 18.8. The summed E-state index contributed by atoms with van der Waals surface area (Å²) in [6.45, 7) is 1.98. The first-order chi connectivity index (χ1) is 16.8. The highest BCUT2D eigenvalue weighted by Crippen LogP contribution is 2.37. The number of benzene rings is 2. The van der Waals surface area contributed by atoms with Crippen LogP contribution in [0.4, 0.5) is 10.7 Å². The van der Waals surface area contributed by atoms with Gasteiger partial charge in [-0.1, -0.05) is 6.07 Å². The number of anilines is 2. The number of carbonyl (C=O) groups is 4. The Labute approximate surface area is 204 Å². The largest absolute Gasteiger partial charge is 0.454 e. The number of thiophene rings is 1. The molecule has 0 bridgehead atoms. The number of hydrogen-bond donors (Lipinski definition) is 2. The van der Waals surface area contributed by atoms with Crippen LogP contribution in [-0.4, -0.2) is 30.4 Å². The summed E-state index contributed by atoms with van der Waals surface area (Å²) >= 11 is 1.29. The standard InChI is InChI=1S/C25H21N3O6S/c1-13-19(11-14-2-7-17-18(10-14)34-12-33-17)35-25(22(13)23(26)31)27-24(32)15-3-5-16(6-4-15)28-20(29)8-9-21(28)30/h2-7,10H,8-9,11-12H2,1H3,(H2,26,31)(H,27,32). The average Bonchev–Trinajstić information content (AvgIpc) is 3.51. The first-order valence-electron chi connectivity index (χ1n) is 10.9. The zero-order valence-corrected chi connectivity index (χ0v) is 19.6. The molecule has 1 aromatic heterocycles. The second kappa shape index (κ2) is 8.88. The molecule has 0 aliphatic carbocycles. The van der Waals surface area contributed by atoms with Crippen LogP contribution < -0.4 is 25.4 Å². The van der Waals surface area contributed by atoms with Crippen LogP contribution in [-0.2, 0) is 16.0 Å². The third-order valence-corrected chi connectivity index (χ3v) is 7.17. The van der Waals surface area contributed by atoms with E-state index in [1.807, 2.05) is 18.2 Å². The van der Waals surface area contributed by atoms with Crippen LogP contribution in [0.15, 0.2) is 42.5 Å². The van der Waals surface area contributed by atoms with Gasteiger partial charge < -0.3 is 20.5 Å². The van der Waals surface area contributed by atoms with E-state index in [2.05, 4.69) is 5.32 Å². The van der Waals surface area contributed by atoms with Gasteiger partial charge in [-0.15, -0.1) is 11.3 Å². The number of nitrogens with zero attached hydrogens (tertiary/aromatic N) is 1. The number of carbonyl (C=O) groups excluding carboxylic acids is 4. The lowest BCUT2D eigenvalue weighted by atomic mass is 10.1. The Balaban J connectivity index is 1.36. The predicted molar refractivity (Wildman–Crippen MR) is 129 cm³/mol. The molecule has 1 fully saturated rings. The van der Waals surface area contributed by atoms with Gasteiger partial charge in [0.1, 0.15) is 5.00 Å². The van der Waals surface area contributed by atoms with Gasteiger partial charge in [-0.2, -0.15) is 0 Å². The minimum absolute atomic E-state index is 0.184. The summed E-state index contributed by atoms with van der Waals surface area (Å²) in [7, 11) is 0. The van der Waals surface area contributed by atoms with Gasteiger partial charge in [0.2, 0.25) is 18.6 Å². The molecule has 9 nitrogen and oxygen atoms in total. The van der Waals surface area contributed by atoms with Crippen molar-refractivity contribution in [3.63, 3.8) is 0 Å². The van der Waals surface area contributed by atoms with E-state index in [1.165, 1.54) is 23.5 Å². The van der Waals surface area contributed by atoms with Crippen molar-refractivity contribution in [3.05, 3.63) is 69.6 Å².